The molecule has 3 aromatic rings. The summed E-state index contributed by atoms with van der Waals surface area (Å²) in [6.07, 6.45) is 2.02. The van der Waals surface area contributed by atoms with Gasteiger partial charge in [-0.2, -0.15) is 0 Å². The van der Waals surface area contributed by atoms with Crippen LogP contribution in [-0.4, -0.2) is 29.6 Å². The molecular weight excluding hydrogens is 393 g/mol. The van der Waals surface area contributed by atoms with E-state index >= 15 is 0 Å². The van der Waals surface area contributed by atoms with Crippen LogP contribution in [0.1, 0.15) is 17.2 Å². The maximum Gasteiger partial charge on any atom is 0.130 e. The predicted octanol–water partition coefficient (Wildman–Crippen LogP) is 5.71. The molecule has 1 aromatic heterocycles. The third-order valence-electron chi connectivity index (χ3n) is 4.74. The molecule has 0 radical (unpaired) electrons. The highest BCUT2D eigenvalue weighted by atomic mass is 35.5. The molecule has 1 fully saturated rings. The van der Waals surface area contributed by atoms with Crippen LogP contribution >= 0.6 is 23.2 Å². The number of aromatic nitrogens is 1. The summed E-state index contributed by atoms with van der Waals surface area (Å²) in [5, 5.41) is 4.45. The van der Waals surface area contributed by atoms with Gasteiger partial charge in [0.05, 0.1) is 23.4 Å². The third kappa shape index (κ3) is 4.83. The molecule has 2 heterocycles. The van der Waals surface area contributed by atoms with Crippen LogP contribution in [0.25, 0.3) is 0 Å². The Balaban J connectivity index is 1.38. The number of pyridine rings is 1. The molecule has 1 saturated heterocycles. The van der Waals surface area contributed by atoms with Crippen LogP contribution in [0.3, 0.4) is 0 Å². The van der Waals surface area contributed by atoms with Crippen molar-refractivity contribution in [2.45, 2.75) is 12.6 Å². The molecule has 1 atom stereocenters. The molecule has 0 saturated carbocycles. The fraction of sp³-hybridized carbons (Fsp3) is 0.227. The standard InChI is InChI=1S/C22H21Cl2N3O/c23-18-7-8-19(24)20(12-18)26-22-9-6-16(13-25-22)14-27-10-11-28-21(15-27)17-4-2-1-3-5-17/h1-9,12-13,21H,10-11,14-15H2,(H,25,26). The molecule has 1 unspecified atom stereocenters. The molecular formula is C22H21Cl2N3O. The molecule has 4 nitrogen and oxygen atoms in total. The van der Waals surface area contributed by atoms with Crippen LogP contribution in [0.4, 0.5) is 11.5 Å². The maximum absolute atomic E-state index is 6.20. The number of hydrogen-bond acceptors (Lipinski definition) is 4. The van der Waals surface area contributed by atoms with E-state index in [9.17, 15) is 0 Å². The number of rotatable bonds is 5. The van der Waals surface area contributed by atoms with Crippen LogP contribution in [0.2, 0.25) is 10.0 Å². The number of ether oxygens (including phenoxy) is 1. The van der Waals surface area contributed by atoms with Gasteiger partial charge in [0.15, 0.2) is 0 Å². The lowest BCUT2D eigenvalue weighted by atomic mass is 10.1. The van der Waals surface area contributed by atoms with Crippen LogP contribution in [0.5, 0.6) is 0 Å². The molecule has 2 aromatic carbocycles. The summed E-state index contributed by atoms with van der Waals surface area (Å²) in [6, 6.07) is 19.7. The van der Waals surface area contributed by atoms with Gasteiger partial charge in [-0.3, -0.25) is 4.90 Å². The van der Waals surface area contributed by atoms with Gasteiger partial charge in [-0.05, 0) is 35.4 Å². The lowest BCUT2D eigenvalue weighted by Gasteiger charge is -2.33. The van der Waals surface area contributed by atoms with Gasteiger partial charge in [-0.1, -0.05) is 59.6 Å². The number of anilines is 2. The van der Waals surface area contributed by atoms with E-state index in [4.69, 9.17) is 27.9 Å². The van der Waals surface area contributed by atoms with E-state index in [-0.39, 0.29) is 6.10 Å². The van der Waals surface area contributed by atoms with E-state index in [1.54, 1.807) is 18.2 Å². The minimum atomic E-state index is 0.119. The molecule has 0 bridgehead atoms. The van der Waals surface area contributed by atoms with Gasteiger partial charge in [0.1, 0.15) is 5.82 Å². The molecule has 0 spiro atoms. The summed E-state index contributed by atoms with van der Waals surface area (Å²) in [6.45, 7) is 3.38. The monoisotopic (exact) mass is 413 g/mol. The number of morpholine rings is 1. The Hall–Kier alpha value is -2.11. The van der Waals surface area contributed by atoms with Gasteiger partial charge in [0.2, 0.25) is 0 Å². The average Bonchev–Trinajstić information content (AvgIpc) is 2.73. The Bertz CT molecular complexity index is 919. The van der Waals surface area contributed by atoms with Crippen molar-refractivity contribution < 1.29 is 4.74 Å². The SMILES string of the molecule is Clc1ccc(Cl)c(Nc2ccc(CN3CCOC(c4ccccc4)C3)cn2)c1. The van der Waals surface area contributed by atoms with E-state index in [1.807, 2.05) is 18.3 Å². The van der Waals surface area contributed by atoms with Gasteiger partial charge >= 0.3 is 0 Å². The van der Waals surface area contributed by atoms with Gasteiger partial charge in [0.25, 0.3) is 0 Å². The van der Waals surface area contributed by atoms with Gasteiger partial charge in [0, 0.05) is 30.9 Å². The van der Waals surface area contributed by atoms with Crippen molar-refractivity contribution in [1.82, 2.24) is 9.88 Å². The summed E-state index contributed by atoms with van der Waals surface area (Å²) in [5.41, 5.74) is 3.13. The maximum atomic E-state index is 6.20. The lowest BCUT2D eigenvalue weighted by Crippen LogP contribution is -2.37. The molecule has 1 aliphatic heterocycles. The van der Waals surface area contributed by atoms with E-state index in [1.165, 1.54) is 5.56 Å². The Morgan fingerprint density at radius 3 is 2.71 bits per heavy atom. The second kappa shape index (κ2) is 8.93. The van der Waals surface area contributed by atoms with Crippen molar-refractivity contribution in [1.29, 1.82) is 0 Å². The minimum Gasteiger partial charge on any atom is -0.371 e. The molecule has 0 aliphatic carbocycles. The van der Waals surface area contributed by atoms with Gasteiger partial charge in [-0.25, -0.2) is 4.98 Å². The van der Waals surface area contributed by atoms with Crippen molar-refractivity contribution in [2.75, 3.05) is 25.0 Å². The van der Waals surface area contributed by atoms with Crippen LogP contribution in [0, 0.1) is 0 Å². The quantitative estimate of drug-likeness (QED) is 0.581. The predicted molar refractivity (Wildman–Crippen MR) is 114 cm³/mol. The lowest BCUT2D eigenvalue weighted by molar-refractivity contribution is -0.0329. The number of halogens is 2. The zero-order valence-electron chi connectivity index (χ0n) is 15.3. The highest BCUT2D eigenvalue weighted by Crippen LogP contribution is 2.28. The first-order chi connectivity index (χ1) is 13.7. The molecule has 1 aliphatic rings. The molecule has 1 N–H and O–H groups in total. The first-order valence-corrected chi connectivity index (χ1v) is 9.99. The summed E-state index contributed by atoms with van der Waals surface area (Å²) in [4.78, 5) is 6.92. The summed E-state index contributed by atoms with van der Waals surface area (Å²) in [5.74, 6) is 0.733. The summed E-state index contributed by atoms with van der Waals surface area (Å²) in [7, 11) is 0. The number of nitrogens with zero attached hydrogens (tertiary/aromatic N) is 2. The first kappa shape index (κ1) is 19.2. The second-order valence-corrected chi connectivity index (χ2v) is 7.65. The summed E-state index contributed by atoms with van der Waals surface area (Å²) >= 11 is 12.2. The van der Waals surface area contributed by atoms with Crippen molar-refractivity contribution in [3.05, 3.63) is 88.0 Å². The van der Waals surface area contributed by atoms with Crippen LogP contribution < -0.4 is 5.32 Å². The van der Waals surface area contributed by atoms with E-state index in [0.717, 1.165) is 43.3 Å². The fourth-order valence-electron chi connectivity index (χ4n) is 3.30. The zero-order chi connectivity index (χ0) is 19.3. The first-order valence-electron chi connectivity index (χ1n) is 9.23. The minimum absolute atomic E-state index is 0.119. The van der Waals surface area contributed by atoms with Crippen molar-refractivity contribution in [3.8, 4) is 0 Å². The number of benzene rings is 2. The van der Waals surface area contributed by atoms with Crippen LogP contribution in [0.15, 0.2) is 66.9 Å². The molecule has 6 heteroatoms. The second-order valence-electron chi connectivity index (χ2n) is 6.81. The highest BCUT2D eigenvalue weighted by Gasteiger charge is 2.21. The smallest absolute Gasteiger partial charge is 0.130 e. The molecule has 0 amide bonds. The van der Waals surface area contributed by atoms with Crippen molar-refractivity contribution in [2.24, 2.45) is 0 Å². The van der Waals surface area contributed by atoms with Gasteiger partial charge < -0.3 is 10.1 Å². The molecule has 28 heavy (non-hydrogen) atoms. The third-order valence-corrected chi connectivity index (χ3v) is 5.31. The topological polar surface area (TPSA) is 37.4 Å². The normalized spacial score (nSPS) is 17.4. The van der Waals surface area contributed by atoms with E-state index < -0.39 is 0 Å². The van der Waals surface area contributed by atoms with E-state index in [2.05, 4.69) is 45.5 Å². The molecule has 4 rings (SSSR count). The number of nitrogens with one attached hydrogen (secondary N) is 1. The van der Waals surface area contributed by atoms with Gasteiger partial charge in [-0.15, -0.1) is 0 Å². The summed E-state index contributed by atoms with van der Waals surface area (Å²) < 4.78 is 5.95. The number of hydrogen-bond donors (Lipinski definition) is 1. The fourth-order valence-corrected chi connectivity index (χ4v) is 3.63. The zero-order valence-corrected chi connectivity index (χ0v) is 16.8. The average molecular weight is 414 g/mol. The van der Waals surface area contributed by atoms with Crippen LogP contribution in [-0.2, 0) is 11.3 Å². The van der Waals surface area contributed by atoms with Crippen molar-refractivity contribution in [3.63, 3.8) is 0 Å². The Labute approximate surface area is 175 Å². The Kier molecular flexibility index (Phi) is 6.13. The van der Waals surface area contributed by atoms with E-state index in [0.29, 0.717) is 10.0 Å². The highest BCUT2D eigenvalue weighted by molar-refractivity contribution is 6.35. The van der Waals surface area contributed by atoms with Crippen molar-refractivity contribution >= 4 is 34.7 Å². The Morgan fingerprint density at radius 2 is 1.93 bits per heavy atom. The Morgan fingerprint density at radius 1 is 1.07 bits per heavy atom. The molecule has 144 valence electrons. The largest absolute Gasteiger partial charge is 0.371 e.